The van der Waals surface area contributed by atoms with Gasteiger partial charge in [0.2, 0.25) is 6.10 Å². The SMILES string of the molecule is CC(C)C1=NO[C@H](c2nc(Cc3ccccc3)no2)C1. The molecule has 1 aromatic heterocycles. The Hall–Kier alpha value is -2.17. The van der Waals surface area contributed by atoms with Crippen molar-refractivity contribution in [1.29, 1.82) is 0 Å². The molecule has 2 heterocycles. The Kier molecular flexibility index (Phi) is 3.50. The molecule has 1 aromatic carbocycles. The van der Waals surface area contributed by atoms with Crippen molar-refractivity contribution >= 4 is 5.71 Å². The Bertz CT molecular complexity index is 605. The van der Waals surface area contributed by atoms with E-state index < -0.39 is 0 Å². The monoisotopic (exact) mass is 271 g/mol. The molecule has 0 aliphatic carbocycles. The van der Waals surface area contributed by atoms with E-state index >= 15 is 0 Å². The fourth-order valence-corrected chi connectivity index (χ4v) is 2.12. The second-order valence-electron chi connectivity index (χ2n) is 5.25. The van der Waals surface area contributed by atoms with Crippen molar-refractivity contribution in [2.75, 3.05) is 0 Å². The van der Waals surface area contributed by atoms with Gasteiger partial charge in [0, 0.05) is 12.8 Å². The molecular formula is C15H17N3O2. The smallest absolute Gasteiger partial charge is 0.270 e. The van der Waals surface area contributed by atoms with Gasteiger partial charge >= 0.3 is 0 Å². The summed E-state index contributed by atoms with van der Waals surface area (Å²) < 4.78 is 5.29. The Labute approximate surface area is 117 Å². The van der Waals surface area contributed by atoms with Crippen LogP contribution in [0.3, 0.4) is 0 Å². The zero-order valence-electron chi connectivity index (χ0n) is 11.6. The van der Waals surface area contributed by atoms with E-state index in [-0.39, 0.29) is 6.10 Å². The maximum absolute atomic E-state index is 5.37. The van der Waals surface area contributed by atoms with E-state index in [1.54, 1.807) is 0 Å². The normalized spacial score (nSPS) is 18.1. The minimum Gasteiger partial charge on any atom is -0.382 e. The highest BCUT2D eigenvalue weighted by molar-refractivity contribution is 5.87. The number of rotatable bonds is 4. The molecule has 1 aliphatic rings. The van der Waals surface area contributed by atoms with Crippen molar-refractivity contribution in [2.45, 2.75) is 32.8 Å². The molecule has 1 aliphatic heterocycles. The van der Waals surface area contributed by atoms with Crippen LogP contribution >= 0.6 is 0 Å². The molecule has 5 heteroatoms. The summed E-state index contributed by atoms with van der Waals surface area (Å²) in [5.74, 6) is 1.56. The van der Waals surface area contributed by atoms with Crippen LogP contribution in [0.25, 0.3) is 0 Å². The highest BCUT2D eigenvalue weighted by Gasteiger charge is 2.29. The van der Waals surface area contributed by atoms with Gasteiger partial charge in [0.15, 0.2) is 5.82 Å². The first kappa shape index (κ1) is 12.8. The summed E-state index contributed by atoms with van der Waals surface area (Å²) in [4.78, 5) is 9.77. The van der Waals surface area contributed by atoms with Crippen LogP contribution in [-0.2, 0) is 11.3 Å². The molecule has 0 N–H and O–H groups in total. The molecule has 0 saturated carbocycles. The van der Waals surface area contributed by atoms with E-state index in [1.807, 2.05) is 30.3 Å². The van der Waals surface area contributed by atoms with Crippen molar-refractivity contribution in [3.05, 3.63) is 47.6 Å². The van der Waals surface area contributed by atoms with Crippen LogP contribution in [0, 0.1) is 5.92 Å². The van der Waals surface area contributed by atoms with Crippen LogP contribution in [0.15, 0.2) is 40.0 Å². The van der Waals surface area contributed by atoms with Gasteiger partial charge in [-0.2, -0.15) is 4.98 Å². The summed E-state index contributed by atoms with van der Waals surface area (Å²) in [5.41, 5.74) is 2.20. The Balaban J connectivity index is 1.66. The molecule has 1 atom stereocenters. The quantitative estimate of drug-likeness (QED) is 0.857. The lowest BCUT2D eigenvalue weighted by Gasteiger charge is -2.02. The molecule has 2 aromatic rings. The third kappa shape index (κ3) is 2.71. The minimum atomic E-state index is -0.232. The predicted octanol–water partition coefficient (Wildman–Crippen LogP) is 3.13. The van der Waals surface area contributed by atoms with E-state index in [2.05, 4.69) is 29.1 Å². The molecule has 0 bridgehead atoms. The van der Waals surface area contributed by atoms with Crippen molar-refractivity contribution in [2.24, 2.45) is 11.1 Å². The number of hydrogen-bond acceptors (Lipinski definition) is 5. The third-order valence-corrected chi connectivity index (χ3v) is 3.32. The number of hydrogen-bond donors (Lipinski definition) is 0. The third-order valence-electron chi connectivity index (χ3n) is 3.32. The number of benzene rings is 1. The molecule has 5 nitrogen and oxygen atoms in total. The van der Waals surface area contributed by atoms with Gasteiger partial charge in [-0.3, -0.25) is 0 Å². The van der Waals surface area contributed by atoms with Crippen molar-refractivity contribution in [3.63, 3.8) is 0 Å². The molecular weight excluding hydrogens is 254 g/mol. The fraction of sp³-hybridized carbons (Fsp3) is 0.400. The minimum absolute atomic E-state index is 0.232. The summed E-state index contributed by atoms with van der Waals surface area (Å²) in [6.07, 6.45) is 1.16. The number of aromatic nitrogens is 2. The Morgan fingerprint density at radius 2 is 2.05 bits per heavy atom. The molecule has 3 rings (SSSR count). The van der Waals surface area contributed by atoms with Crippen LogP contribution in [-0.4, -0.2) is 15.9 Å². The lowest BCUT2D eigenvalue weighted by Crippen LogP contribution is -2.06. The molecule has 0 spiro atoms. The Morgan fingerprint density at radius 3 is 2.75 bits per heavy atom. The topological polar surface area (TPSA) is 60.5 Å². The first-order chi connectivity index (χ1) is 9.72. The van der Waals surface area contributed by atoms with Gasteiger partial charge < -0.3 is 9.36 Å². The van der Waals surface area contributed by atoms with E-state index in [1.165, 1.54) is 0 Å². The van der Waals surface area contributed by atoms with Gasteiger partial charge in [0.05, 0.1) is 5.71 Å². The van der Waals surface area contributed by atoms with Crippen LogP contribution in [0.1, 0.15) is 43.7 Å². The average Bonchev–Trinajstić information content (AvgIpc) is 3.08. The molecule has 0 saturated heterocycles. The van der Waals surface area contributed by atoms with Gasteiger partial charge in [-0.15, -0.1) is 0 Å². The zero-order chi connectivity index (χ0) is 13.9. The van der Waals surface area contributed by atoms with E-state index in [0.717, 1.165) is 17.7 Å². The second kappa shape index (κ2) is 5.45. The van der Waals surface area contributed by atoms with Crippen molar-refractivity contribution in [3.8, 4) is 0 Å². The Morgan fingerprint density at radius 1 is 1.25 bits per heavy atom. The van der Waals surface area contributed by atoms with Crippen LogP contribution in [0.5, 0.6) is 0 Å². The highest BCUT2D eigenvalue weighted by Crippen LogP contribution is 2.28. The lowest BCUT2D eigenvalue weighted by molar-refractivity contribution is 0.0599. The van der Waals surface area contributed by atoms with E-state index in [4.69, 9.17) is 9.36 Å². The molecule has 0 radical (unpaired) electrons. The molecule has 0 amide bonds. The van der Waals surface area contributed by atoms with Crippen molar-refractivity contribution in [1.82, 2.24) is 10.1 Å². The average molecular weight is 271 g/mol. The lowest BCUT2D eigenvalue weighted by atomic mass is 10.0. The standard InChI is InChI=1S/C15H17N3O2/c1-10(2)12-9-13(19-17-12)15-16-14(18-20-15)8-11-6-4-3-5-7-11/h3-7,10,13H,8-9H2,1-2H3/t13-/m0/s1. The predicted molar refractivity (Wildman–Crippen MR) is 74.3 cm³/mol. The molecule has 0 unspecified atom stereocenters. The summed E-state index contributed by atoms with van der Waals surface area (Å²) in [6, 6.07) is 10.1. The second-order valence-corrected chi connectivity index (χ2v) is 5.25. The zero-order valence-corrected chi connectivity index (χ0v) is 11.6. The molecule has 0 fully saturated rings. The number of oxime groups is 1. The van der Waals surface area contributed by atoms with Crippen molar-refractivity contribution < 1.29 is 9.36 Å². The van der Waals surface area contributed by atoms with Gasteiger partial charge in [-0.1, -0.05) is 54.5 Å². The van der Waals surface area contributed by atoms with Gasteiger partial charge in [-0.25, -0.2) is 0 Å². The summed E-state index contributed by atoms with van der Waals surface area (Å²) >= 11 is 0. The van der Waals surface area contributed by atoms with Crippen LogP contribution in [0.2, 0.25) is 0 Å². The maximum Gasteiger partial charge on any atom is 0.270 e. The van der Waals surface area contributed by atoms with Gasteiger partial charge in [0.1, 0.15) is 0 Å². The van der Waals surface area contributed by atoms with Gasteiger partial charge in [-0.05, 0) is 11.5 Å². The molecule has 104 valence electrons. The first-order valence-electron chi connectivity index (χ1n) is 6.81. The van der Waals surface area contributed by atoms with E-state index in [9.17, 15) is 0 Å². The maximum atomic E-state index is 5.37. The highest BCUT2D eigenvalue weighted by atomic mass is 16.7. The first-order valence-corrected chi connectivity index (χ1v) is 6.81. The van der Waals surface area contributed by atoms with Crippen LogP contribution in [0.4, 0.5) is 0 Å². The van der Waals surface area contributed by atoms with Gasteiger partial charge in [0.25, 0.3) is 5.89 Å². The summed E-state index contributed by atoms with van der Waals surface area (Å²) in [5, 5.41) is 8.08. The summed E-state index contributed by atoms with van der Waals surface area (Å²) in [6.45, 7) is 4.19. The largest absolute Gasteiger partial charge is 0.382 e. The van der Waals surface area contributed by atoms with Crippen LogP contribution < -0.4 is 0 Å². The summed E-state index contributed by atoms with van der Waals surface area (Å²) in [7, 11) is 0. The fourth-order valence-electron chi connectivity index (χ4n) is 2.12. The van der Waals surface area contributed by atoms with E-state index in [0.29, 0.717) is 24.1 Å². The molecule has 20 heavy (non-hydrogen) atoms. The number of nitrogens with zero attached hydrogens (tertiary/aromatic N) is 3.